The van der Waals surface area contributed by atoms with Crippen LogP contribution in [0.25, 0.3) is 0 Å². The van der Waals surface area contributed by atoms with Crippen LogP contribution in [-0.2, 0) is 19.6 Å². The highest BCUT2D eigenvalue weighted by Crippen LogP contribution is 2.66. The zero-order valence-electron chi connectivity index (χ0n) is 16.5. The Balaban J connectivity index is 1.79. The van der Waals surface area contributed by atoms with Crippen LogP contribution in [0.15, 0.2) is 0 Å². The van der Waals surface area contributed by atoms with Gasteiger partial charge in [-0.1, -0.05) is 13.8 Å². The molecule has 0 aromatic rings. The highest BCUT2D eigenvalue weighted by molar-refractivity contribution is 7.86. The number of hydrogen-bond acceptors (Lipinski definition) is 5. The molecule has 0 aromatic heterocycles. The van der Waals surface area contributed by atoms with E-state index in [0.29, 0.717) is 31.6 Å². The lowest BCUT2D eigenvalue weighted by molar-refractivity contribution is -0.213. The Hall–Kier alpha value is -0.800. The molecule has 3 atom stereocenters. The van der Waals surface area contributed by atoms with Crippen molar-refractivity contribution in [3.05, 3.63) is 0 Å². The first-order valence-electron chi connectivity index (χ1n) is 10.1. The SMILES string of the molecule is CCC(O)(CC)C12CC3CC(C1)C(C(=O)OC(C)C(F)(F)S(=O)(=O)O)C(C3)C2. The Morgan fingerprint density at radius 3 is 2.11 bits per heavy atom. The Morgan fingerprint density at radius 1 is 1.18 bits per heavy atom. The standard InChI is InChI=1S/C19H30F2O6S/c1-4-18(23,5-2)17-8-12-6-13(9-17)15(14(7-12)10-17)16(22)27-11(3)19(20,21)28(24,25)26/h11-15,23H,4-10H2,1-3H3,(H,24,25,26). The van der Waals surface area contributed by atoms with Gasteiger partial charge in [-0.3, -0.25) is 9.35 Å². The van der Waals surface area contributed by atoms with Gasteiger partial charge in [-0.2, -0.15) is 17.2 Å². The summed E-state index contributed by atoms with van der Waals surface area (Å²) < 4.78 is 62.9. The fraction of sp³-hybridized carbons (Fsp3) is 0.947. The number of hydrogen-bond donors (Lipinski definition) is 2. The van der Waals surface area contributed by atoms with Crippen molar-refractivity contribution in [1.29, 1.82) is 0 Å². The zero-order valence-corrected chi connectivity index (χ0v) is 17.3. The van der Waals surface area contributed by atoms with Crippen LogP contribution in [0.2, 0.25) is 0 Å². The Labute approximate surface area is 164 Å². The minimum absolute atomic E-state index is 0.0602. The molecule has 28 heavy (non-hydrogen) atoms. The van der Waals surface area contributed by atoms with E-state index in [4.69, 9.17) is 9.29 Å². The van der Waals surface area contributed by atoms with E-state index >= 15 is 0 Å². The van der Waals surface area contributed by atoms with Crippen molar-refractivity contribution < 1.29 is 36.4 Å². The lowest BCUT2D eigenvalue weighted by Gasteiger charge is -2.64. The molecule has 0 spiro atoms. The van der Waals surface area contributed by atoms with Crippen molar-refractivity contribution in [3.8, 4) is 0 Å². The number of carbonyl (C=O) groups excluding carboxylic acids is 1. The summed E-state index contributed by atoms with van der Waals surface area (Å²) in [5, 5.41) is 6.70. The average Bonchev–Trinajstić information content (AvgIpc) is 2.58. The quantitative estimate of drug-likeness (QED) is 0.480. The maximum absolute atomic E-state index is 13.8. The second-order valence-electron chi connectivity index (χ2n) is 9.13. The Kier molecular flexibility index (Phi) is 5.38. The summed E-state index contributed by atoms with van der Waals surface area (Å²) in [5.74, 6) is -1.11. The van der Waals surface area contributed by atoms with Crippen molar-refractivity contribution in [1.82, 2.24) is 0 Å². The molecule has 0 aliphatic heterocycles. The number of halogens is 2. The molecule has 4 fully saturated rings. The first kappa shape index (κ1) is 21.9. The minimum Gasteiger partial charge on any atom is -0.455 e. The molecule has 162 valence electrons. The Bertz CT molecular complexity index is 717. The van der Waals surface area contributed by atoms with Gasteiger partial charge in [0.1, 0.15) is 0 Å². The van der Waals surface area contributed by atoms with E-state index in [2.05, 4.69) is 0 Å². The molecule has 3 unspecified atom stereocenters. The number of aliphatic hydroxyl groups is 1. The van der Waals surface area contributed by atoms with Gasteiger partial charge >= 0.3 is 21.3 Å². The molecule has 6 nitrogen and oxygen atoms in total. The average molecular weight is 425 g/mol. The van der Waals surface area contributed by atoms with E-state index in [1.807, 2.05) is 13.8 Å². The summed E-state index contributed by atoms with van der Waals surface area (Å²) in [6.07, 6.45) is 2.81. The van der Waals surface area contributed by atoms with Crippen molar-refractivity contribution in [2.24, 2.45) is 29.1 Å². The summed E-state index contributed by atoms with van der Waals surface area (Å²) in [6.45, 7) is 4.70. The van der Waals surface area contributed by atoms with Crippen molar-refractivity contribution >= 4 is 16.1 Å². The fourth-order valence-corrected chi connectivity index (χ4v) is 6.98. The number of rotatable bonds is 7. The summed E-state index contributed by atoms with van der Waals surface area (Å²) in [4.78, 5) is 12.7. The van der Waals surface area contributed by atoms with E-state index in [1.54, 1.807) is 0 Å². The first-order chi connectivity index (χ1) is 12.8. The molecular formula is C19H30F2O6S. The molecule has 0 heterocycles. The topological polar surface area (TPSA) is 101 Å². The second-order valence-corrected chi connectivity index (χ2v) is 10.6. The normalized spacial score (nSPS) is 36.4. The van der Waals surface area contributed by atoms with Gasteiger partial charge in [0.05, 0.1) is 11.5 Å². The van der Waals surface area contributed by atoms with E-state index in [-0.39, 0.29) is 17.3 Å². The predicted octanol–water partition coefficient (Wildman–Crippen LogP) is 3.39. The first-order valence-corrected chi connectivity index (χ1v) is 11.5. The lowest BCUT2D eigenvalue weighted by Crippen LogP contribution is -2.61. The maximum atomic E-state index is 13.8. The van der Waals surface area contributed by atoms with Gasteiger partial charge in [-0.05, 0) is 75.0 Å². The lowest BCUT2D eigenvalue weighted by atomic mass is 9.42. The smallest absolute Gasteiger partial charge is 0.405 e. The van der Waals surface area contributed by atoms with Gasteiger partial charge in [0.2, 0.25) is 0 Å². The number of carbonyl (C=O) groups is 1. The van der Waals surface area contributed by atoms with E-state index < -0.39 is 39.0 Å². The molecule has 0 aromatic carbocycles. The highest BCUT2D eigenvalue weighted by Gasteiger charge is 2.63. The van der Waals surface area contributed by atoms with Crippen LogP contribution in [0, 0.1) is 29.1 Å². The van der Waals surface area contributed by atoms with Crippen LogP contribution in [0.5, 0.6) is 0 Å². The third-order valence-corrected chi connectivity index (χ3v) is 8.83. The van der Waals surface area contributed by atoms with Gasteiger partial charge in [0.15, 0.2) is 6.10 Å². The van der Waals surface area contributed by atoms with Crippen LogP contribution in [0.1, 0.15) is 65.7 Å². The fourth-order valence-electron chi connectivity index (χ4n) is 6.51. The van der Waals surface area contributed by atoms with Crippen molar-refractivity contribution in [2.45, 2.75) is 82.7 Å². The molecule has 9 heteroatoms. The molecule has 4 bridgehead atoms. The zero-order chi connectivity index (χ0) is 21.1. The molecule has 4 saturated carbocycles. The van der Waals surface area contributed by atoms with E-state index in [9.17, 15) is 27.1 Å². The summed E-state index contributed by atoms with van der Waals surface area (Å²) in [6, 6.07) is 0. The van der Waals surface area contributed by atoms with Crippen molar-refractivity contribution in [3.63, 3.8) is 0 Å². The summed E-state index contributed by atoms with van der Waals surface area (Å²) >= 11 is 0. The van der Waals surface area contributed by atoms with Gasteiger partial charge in [-0.25, -0.2) is 0 Å². The third-order valence-electron chi connectivity index (χ3n) is 7.81. The van der Waals surface area contributed by atoms with E-state index in [1.165, 1.54) is 0 Å². The van der Waals surface area contributed by atoms with E-state index in [0.717, 1.165) is 26.2 Å². The number of esters is 1. The summed E-state index contributed by atoms with van der Waals surface area (Å²) in [7, 11) is -5.68. The van der Waals surface area contributed by atoms with Crippen LogP contribution in [0.3, 0.4) is 0 Å². The number of ether oxygens (including phenoxy) is 1. The van der Waals surface area contributed by atoms with Gasteiger partial charge in [0, 0.05) is 0 Å². The monoisotopic (exact) mass is 424 g/mol. The number of alkyl halides is 2. The molecule has 4 rings (SSSR count). The molecule has 2 N–H and O–H groups in total. The van der Waals surface area contributed by atoms with Crippen LogP contribution < -0.4 is 0 Å². The van der Waals surface area contributed by atoms with Crippen LogP contribution in [0.4, 0.5) is 8.78 Å². The van der Waals surface area contributed by atoms with Gasteiger partial charge < -0.3 is 9.84 Å². The minimum atomic E-state index is -5.68. The molecule has 0 amide bonds. The molecule has 0 saturated heterocycles. The van der Waals surface area contributed by atoms with Crippen molar-refractivity contribution in [2.75, 3.05) is 0 Å². The Morgan fingerprint density at radius 2 is 1.68 bits per heavy atom. The predicted molar refractivity (Wildman–Crippen MR) is 97.1 cm³/mol. The molecule has 4 aliphatic rings. The van der Waals surface area contributed by atoms with Gasteiger partial charge in [0.25, 0.3) is 0 Å². The second kappa shape index (κ2) is 6.87. The molecule has 4 aliphatic carbocycles. The maximum Gasteiger partial charge on any atom is 0.405 e. The largest absolute Gasteiger partial charge is 0.455 e. The van der Waals surface area contributed by atoms with Gasteiger partial charge in [-0.15, -0.1) is 0 Å². The molecular weight excluding hydrogens is 394 g/mol. The highest BCUT2D eigenvalue weighted by atomic mass is 32.2. The summed E-state index contributed by atoms with van der Waals surface area (Å²) in [5.41, 5.74) is -1.06. The molecule has 0 radical (unpaired) electrons. The van der Waals surface area contributed by atoms with Crippen LogP contribution in [-0.4, -0.2) is 41.0 Å². The third kappa shape index (κ3) is 3.17. The van der Waals surface area contributed by atoms with Crippen LogP contribution >= 0.6 is 0 Å².